The van der Waals surface area contributed by atoms with Gasteiger partial charge in [0.05, 0.1) is 6.54 Å². The molecule has 0 aliphatic rings. The van der Waals surface area contributed by atoms with Gasteiger partial charge >= 0.3 is 0 Å². The fraction of sp³-hybridized carbons (Fsp3) is 0.500. The number of rotatable bonds is 5. The third kappa shape index (κ3) is 3.27. The van der Waals surface area contributed by atoms with Crippen molar-refractivity contribution in [1.82, 2.24) is 9.88 Å². The van der Waals surface area contributed by atoms with Crippen LogP contribution in [0.1, 0.15) is 26.0 Å². The van der Waals surface area contributed by atoms with E-state index in [-0.39, 0.29) is 0 Å². The molecule has 0 aliphatic heterocycles. The average Bonchev–Trinajstić information content (AvgIpc) is 2.61. The van der Waals surface area contributed by atoms with E-state index >= 15 is 0 Å². The van der Waals surface area contributed by atoms with E-state index in [0.29, 0.717) is 0 Å². The number of hydrogen-bond acceptors (Lipinski definition) is 1. The van der Waals surface area contributed by atoms with Crippen LogP contribution in [0.25, 0.3) is 0 Å². The highest BCUT2D eigenvalue weighted by Crippen LogP contribution is 2.02. The Balaban J connectivity index is 2.39. The molecule has 1 N–H and O–H groups in total. The van der Waals surface area contributed by atoms with Gasteiger partial charge in [0.15, 0.2) is 0 Å². The molecule has 0 unspecified atom stereocenters. The third-order valence-corrected chi connectivity index (χ3v) is 2.08. The van der Waals surface area contributed by atoms with Crippen molar-refractivity contribution in [3.63, 3.8) is 0 Å². The van der Waals surface area contributed by atoms with Gasteiger partial charge in [0.2, 0.25) is 0 Å². The van der Waals surface area contributed by atoms with Crippen molar-refractivity contribution in [2.45, 2.75) is 33.4 Å². The van der Waals surface area contributed by atoms with Crippen molar-refractivity contribution in [3.05, 3.63) is 24.0 Å². The fourth-order valence-corrected chi connectivity index (χ4v) is 1.41. The van der Waals surface area contributed by atoms with Crippen LogP contribution in [0, 0.1) is 11.8 Å². The molecular weight excluding hydrogens is 172 g/mol. The average molecular weight is 190 g/mol. The molecule has 1 aromatic heterocycles. The molecule has 0 aromatic carbocycles. The van der Waals surface area contributed by atoms with Gasteiger partial charge in [-0.3, -0.25) is 0 Å². The first-order valence-electron chi connectivity index (χ1n) is 5.12. The molecule has 1 heterocycles. The lowest BCUT2D eigenvalue weighted by Crippen LogP contribution is -2.16. The summed E-state index contributed by atoms with van der Waals surface area (Å²) >= 11 is 0. The Labute approximate surface area is 86.3 Å². The van der Waals surface area contributed by atoms with E-state index in [4.69, 9.17) is 0 Å². The SMILES string of the molecule is CC#CCNCc1cccn1CCC. The monoisotopic (exact) mass is 190 g/mol. The normalized spacial score (nSPS) is 9.57. The number of aryl methyl sites for hydroxylation is 1. The van der Waals surface area contributed by atoms with Crippen LogP contribution in [0.15, 0.2) is 18.3 Å². The van der Waals surface area contributed by atoms with Crippen LogP contribution >= 0.6 is 0 Å². The molecule has 0 spiro atoms. The van der Waals surface area contributed by atoms with Crippen LogP contribution < -0.4 is 5.32 Å². The summed E-state index contributed by atoms with van der Waals surface area (Å²) in [4.78, 5) is 0. The van der Waals surface area contributed by atoms with Gasteiger partial charge in [0, 0.05) is 25.0 Å². The summed E-state index contributed by atoms with van der Waals surface area (Å²) in [6.07, 6.45) is 3.31. The maximum atomic E-state index is 3.29. The van der Waals surface area contributed by atoms with Crippen molar-refractivity contribution in [3.8, 4) is 11.8 Å². The summed E-state index contributed by atoms with van der Waals surface area (Å²) in [6, 6.07) is 4.25. The first-order chi connectivity index (χ1) is 6.88. The van der Waals surface area contributed by atoms with E-state index in [1.54, 1.807) is 0 Å². The number of aromatic nitrogens is 1. The second-order valence-corrected chi connectivity index (χ2v) is 3.22. The van der Waals surface area contributed by atoms with Gasteiger partial charge in [-0.1, -0.05) is 12.8 Å². The topological polar surface area (TPSA) is 17.0 Å². The zero-order valence-electron chi connectivity index (χ0n) is 9.01. The Hall–Kier alpha value is -1.20. The summed E-state index contributed by atoms with van der Waals surface area (Å²) in [5.74, 6) is 5.86. The second kappa shape index (κ2) is 6.28. The standard InChI is InChI=1S/C12H18N2/c1-3-5-8-13-11-12-7-6-10-14(12)9-4-2/h6-7,10,13H,4,8-9,11H2,1-2H3. The largest absolute Gasteiger partial charge is 0.350 e. The van der Waals surface area contributed by atoms with Crippen LogP contribution in [-0.4, -0.2) is 11.1 Å². The molecule has 0 saturated heterocycles. The van der Waals surface area contributed by atoms with Crippen LogP contribution in [0.4, 0.5) is 0 Å². The summed E-state index contributed by atoms with van der Waals surface area (Å²) in [5, 5.41) is 3.29. The molecular formula is C12H18N2. The Morgan fingerprint density at radius 1 is 1.50 bits per heavy atom. The van der Waals surface area contributed by atoms with Crippen molar-refractivity contribution in [2.24, 2.45) is 0 Å². The van der Waals surface area contributed by atoms with E-state index in [1.807, 2.05) is 6.92 Å². The van der Waals surface area contributed by atoms with Gasteiger partial charge in [0.1, 0.15) is 0 Å². The van der Waals surface area contributed by atoms with Gasteiger partial charge in [-0.2, -0.15) is 0 Å². The zero-order chi connectivity index (χ0) is 10.2. The fourth-order valence-electron chi connectivity index (χ4n) is 1.41. The van der Waals surface area contributed by atoms with Gasteiger partial charge < -0.3 is 9.88 Å². The summed E-state index contributed by atoms with van der Waals surface area (Å²) in [6.45, 7) is 6.83. The number of nitrogens with zero attached hydrogens (tertiary/aromatic N) is 1. The van der Waals surface area contributed by atoms with E-state index in [2.05, 4.69) is 47.0 Å². The molecule has 2 nitrogen and oxygen atoms in total. The lowest BCUT2D eigenvalue weighted by molar-refractivity contribution is 0.621. The summed E-state index contributed by atoms with van der Waals surface area (Å²) in [5.41, 5.74) is 1.34. The number of nitrogens with one attached hydrogen (secondary N) is 1. The lowest BCUT2D eigenvalue weighted by atomic mass is 10.4. The Bertz CT molecular complexity index is 315. The van der Waals surface area contributed by atoms with E-state index < -0.39 is 0 Å². The minimum atomic E-state index is 0.772. The predicted molar refractivity (Wildman–Crippen MR) is 59.9 cm³/mol. The summed E-state index contributed by atoms with van der Waals surface area (Å²) in [7, 11) is 0. The Morgan fingerprint density at radius 3 is 3.07 bits per heavy atom. The molecule has 0 saturated carbocycles. The van der Waals surface area contributed by atoms with E-state index in [1.165, 1.54) is 12.1 Å². The molecule has 1 rings (SSSR count). The highest BCUT2D eigenvalue weighted by atomic mass is 15.0. The highest BCUT2D eigenvalue weighted by molar-refractivity contribution is 5.07. The van der Waals surface area contributed by atoms with Crippen LogP contribution in [0.5, 0.6) is 0 Å². The Kier molecular flexibility index (Phi) is 4.88. The van der Waals surface area contributed by atoms with Gasteiger partial charge in [-0.15, -0.1) is 5.92 Å². The molecule has 0 fully saturated rings. The molecule has 2 heteroatoms. The molecule has 0 aliphatic carbocycles. The molecule has 0 radical (unpaired) electrons. The molecule has 0 amide bonds. The maximum Gasteiger partial charge on any atom is 0.0579 e. The van der Waals surface area contributed by atoms with Gasteiger partial charge in [-0.25, -0.2) is 0 Å². The maximum absolute atomic E-state index is 3.29. The van der Waals surface area contributed by atoms with Crippen molar-refractivity contribution < 1.29 is 0 Å². The second-order valence-electron chi connectivity index (χ2n) is 3.22. The van der Waals surface area contributed by atoms with Crippen LogP contribution in [0.2, 0.25) is 0 Å². The minimum absolute atomic E-state index is 0.772. The lowest BCUT2D eigenvalue weighted by Gasteiger charge is -2.07. The van der Waals surface area contributed by atoms with Crippen molar-refractivity contribution >= 4 is 0 Å². The smallest absolute Gasteiger partial charge is 0.0579 e. The summed E-state index contributed by atoms with van der Waals surface area (Å²) < 4.78 is 2.28. The minimum Gasteiger partial charge on any atom is -0.350 e. The first kappa shape index (κ1) is 10.9. The van der Waals surface area contributed by atoms with Crippen LogP contribution in [0.3, 0.4) is 0 Å². The van der Waals surface area contributed by atoms with Crippen molar-refractivity contribution in [1.29, 1.82) is 0 Å². The molecule has 76 valence electrons. The number of hydrogen-bond donors (Lipinski definition) is 1. The van der Waals surface area contributed by atoms with Gasteiger partial charge in [-0.05, 0) is 25.5 Å². The molecule has 0 atom stereocenters. The predicted octanol–water partition coefficient (Wildman–Crippen LogP) is 2.01. The van der Waals surface area contributed by atoms with E-state index in [9.17, 15) is 0 Å². The molecule has 1 aromatic rings. The van der Waals surface area contributed by atoms with Crippen LogP contribution in [-0.2, 0) is 13.1 Å². The molecule has 0 bridgehead atoms. The van der Waals surface area contributed by atoms with Crippen molar-refractivity contribution in [2.75, 3.05) is 6.54 Å². The van der Waals surface area contributed by atoms with E-state index in [0.717, 1.165) is 19.6 Å². The highest BCUT2D eigenvalue weighted by Gasteiger charge is 1.97. The quantitative estimate of drug-likeness (QED) is 0.555. The zero-order valence-corrected chi connectivity index (χ0v) is 9.01. The Morgan fingerprint density at radius 2 is 2.36 bits per heavy atom. The van der Waals surface area contributed by atoms with Gasteiger partial charge in [0.25, 0.3) is 0 Å². The first-order valence-corrected chi connectivity index (χ1v) is 5.12. The molecule has 14 heavy (non-hydrogen) atoms. The third-order valence-electron chi connectivity index (χ3n) is 2.08.